The highest BCUT2D eigenvalue weighted by atomic mass is 32.2. The number of sulfonamides is 1. The van der Waals surface area contributed by atoms with Gasteiger partial charge in [-0.05, 0) is 43.3 Å². The second-order valence-electron chi connectivity index (χ2n) is 6.52. The number of aryl methyl sites for hydroxylation is 1. The number of anilines is 2. The monoisotopic (exact) mass is 433 g/mol. The Morgan fingerprint density at radius 3 is 2.34 bits per heavy atom. The van der Waals surface area contributed by atoms with E-state index < -0.39 is 15.3 Å². The van der Waals surface area contributed by atoms with Crippen molar-refractivity contribution in [2.45, 2.75) is 23.5 Å². The molecule has 29 heavy (non-hydrogen) atoms. The molecule has 1 heterocycles. The molecule has 3 N–H and O–H groups in total. The summed E-state index contributed by atoms with van der Waals surface area (Å²) in [4.78, 5) is 38.1. The molecule has 1 aliphatic heterocycles. The highest BCUT2D eigenvalue weighted by molar-refractivity contribution is 8.01. The lowest BCUT2D eigenvalue weighted by Gasteiger charge is -2.15. The van der Waals surface area contributed by atoms with Crippen LogP contribution in [0.15, 0.2) is 53.4 Å². The molecule has 152 valence electrons. The van der Waals surface area contributed by atoms with E-state index in [1.54, 1.807) is 12.1 Å². The lowest BCUT2D eigenvalue weighted by molar-refractivity contribution is -0.121. The fourth-order valence-corrected chi connectivity index (χ4v) is 4.25. The number of rotatable bonds is 6. The van der Waals surface area contributed by atoms with Gasteiger partial charge in [0.15, 0.2) is 0 Å². The van der Waals surface area contributed by atoms with Crippen LogP contribution < -0.4 is 15.4 Å². The molecule has 1 fully saturated rings. The summed E-state index contributed by atoms with van der Waals surface area (Å²) >= 11 is 1.09. The molecular weight excluding hydrogens is 414 g/mol. The molecular formula is C19H19N3O5S2. The fraction of sp³-hybridized carbons (Fsp3) is 0.211. The minimum atomic E-state index is -3.80. The van der Waals surface area contributed by atoms with Gasteiger partial charge in [-0.3, -0.25) is 14.4 Å². The topological polar surface area (TPSA) is 127 Å². The first-order chi connectivity index (χ1) is 13.6. The van der Waals surface area contributed by atoms with E-state index >= 15 is 0 Å². The molecule has 2 aromatic rings. The maximum atomic E-state index is 12.6. The van der Waals surface area contributed by atoms with Crippen LogP contribution >= 0.6 is 11.8 Å². The quantitative estimate of drug-likeness (QED) is 0.667. The standard InChI is InChI=1S/C19H19N3O5S2/c1-12-2-6-14(7-3-12)22-18(24)10-16(19(22)25)28-11-17(23)21-13-4-8-15(9-5-13)29(20,26)27/h2-9,16H,10-11H2,1H3,(H,21,23)(H2,20,26,27)/t16-/m1/s1. The minimum Gasteiger partial charge on any atom is -0.325 e. The van der Waals surface area contributed by atoms with Crippen LogP contribution in [0.5, 0.6) is 0 Å². The average Bonchev–Trinajstić information content (AvgIpc) is 2.94. The second-order valence-corrected chi connectivity index (χ2v) is 9.28. The Labute approximate surface area is 172 Å². The van der Waals surface area contributed by atoms with Crippen molar-refractivity contribution in [2.24, 2.45) is 5.14 Å². The molecule has 1 atom stereocenters. The zero-order valence-corrected chi connectivity index (χ0v) is 17.1. The Morgan fingerprint density at radius 2 is 1.76 bits per heavy atom. The number of imide groups is 1. The lowest BCUT2D eigenvalue weighted by Crippen LogP contribution is -2.31. The van der Waals surface area contributed by atoms with Crippen LogP contribution in [0, 0.1) is 6.92 Å². The SMILES string of the molecule is Cc1ccc(N2C(=O)C[C@@H](SCC(=O)Nc3ccc(S(N)(=O)=O)cc3)C2=O)cc1. The predicted octanol–water partition coefficient (Wildman–Crippen LogP) is 1.65. The molecule has 2 aromatic carbocycles. The smallest absolute Gasteiger partial charge is 0.247 e. The average molecular weight is 434 g/mol. The molecule has 0 bridgehead atoms. The number of amides is 3. The van der Waals surface area contributed by atoms with Crippen molar-refractivity contribution in [1.82, 2.24) is 0 Å². The van der Waals surface area contributed by atoms with Gasteiger partial charge in [0, 0.05) is 12.1 Å². The first-order valence-corrected chi connectivity index (χ1v) is 11.2. The Balaban J connectivity index is 1.57. The van der Waals surface area contributed by atoms with Gasteiger partial charge in [0.25, 0.3) is 0 Å². The number of nitrogens with two attached hydrogens (primary N) is 1. The summed E-state index contributed by atoms with van der Waals surface area (Å²) in [5.74, 6) is -1.03. The van der Waals surface area contributed by atoms with E-state index in [0.717, 1.165) is 22.2 Å². The van der Waals surface area contributed by atoms with Crippen LogP contribution in [0.1, 0.15) is 12.0 Å². The summed E-state index contributed by atoms with van der Waals surface area (Å²) in [5, 5.41) is 7.02. The van der Waals surface area contributed by atoms with Crippen LogP contribution in [0.4, 0.5) is 11.4 Å². The van der Waals surface area contributed by atoms with Crippen LogP contribution in [0.25, 0.3) is 0 Å². The van der Waals surface area contributed by atoms with Crippen molar-refractivity contribution in [2.75, 3.05) is 16.0 Å². The molecule has 0 saturated carbocycles. The van der Waals surface area contributed by atoms with Crippen molar-refractivity contribution in [1.29, 1.82) is 0 Å². The van der Waals surface area contributed by atoms with Crippen LogP contribution in [-0.2, 0) is 24.4 Å². The first-order valence-electron chi connectivity index (χ1n) is 8.63. The lowest BCUT2D eigenvalue weighted by atomic mass is 10.2. The summed E-state index contributed by atoms with van der Waals surface area (Å²) in [5.41, 5.74) is 1.94. The maximum absolute atomic E-state index is 12.6. The minimum absolute atomic E-state index is 0.0254. The van der Waals surface area contributed by atoms with E-state index in [9.17, 15) is 22.8 Å². The summed E-state index contributed by atoms with van der Waals surface area (Å²) in [7, 11) is -3.80. The largest absolute Gasteiger partial charge is 0.325 e. The van der Waals surface area contributed by atoms with E-state index in [2.05, 4.69) is 5.32 Å². The van der Waals surface area contributed by atoms with Gasteiger partial charge in [0.2, 0.25) is 27.7 Å². The second kappa shape index (κ2) is 8.36. The summed E-state index contributed by atoms with van der Waals surface area (Å²) in [6, 6.07) is 12.5. The van der Waals surface area contributed by atoms with Gasteiger partial charge in [-0.15, -0.1) is 11.8 Å². The molecule has 0 aliphatic carbocycles. The van der Waals surface area contributed by atoms with Crippen molar-refractivity contribution in [3.63, 3.8) is 0 Å². The number of carbonyl (C=O) groups excluding carboxylic acids is 3. The molecule has 0 radical (unpaired) electrons. The Kier molecular flexibility index (Phi) is 6.06. The molecule has 3 amide bonds. The number of carbonyl (C=O) groups is 3. The third-order valence-electron chi connectivity index (χ3n) is 4.28. The number of nitrogens with one attached hydrogen (secondary N) is 1. The highest BCUT2D eigenvalue weighted by Crippen LogP contribution is 2.30. The number of benzene rings is 2. The fourth-order valence-electron chi connectivity index (χ4n) is 2.80. The van der Waals surface area contributed by atoms with E-state index in [1.807, 2.05) is 19.1 Å². The van der Waals surface area contributed by atoms with Crippen molar-refractivity contribution >= 4 is 50.9 Å². The van der Waals surface area contributed by atoms with Crippen molar-refractivity contribution < 1.29 is 22.8 Å². The number of nitrogens with zero attached hydrogens (tertiary/aromatic N) is 1. The van der Waals surface area contributed by atoms with Gasteiger partial charge in [-0.1, -0.05) is 17.7 Å². The zero-order chi connectivity index (χ0) is 21.2. The third kappa shape index (κ3) is 5.03. The van der Waals surface area contributed by atoms with Crippen molar-refractivity contribution in [3.8, 4) is 0 Å². The summed E-state index contributed by atoms with van der Waals surface area (Å²) in [6.45, 7) is 1.91. The Bertz CT molecular complexity index is 1050. The molecule has 8 nitrogen and oxygen atoms in total. The summed E-state index contributed by atoms with van der Waals surface area (Å²) < 4.78 is 22.5. The van der Waals surface area contributed by atoms with Gasteiger partial charge in [-0.25, -0.2) is 18.5 Å². The van der Waals surface area contributed by atoms with Gasteiger partial charge in [-0.2, -0.15) is 0 Å². The molecule has 3 rings (SSSR count). The molecule has 0 unspecified atom stereocenters. The Hall–Kier alpha value is -2.69. The van der Waals surface area contributed by atoms with Crippen LogP contribution in [-0.4, -0.2) is 37.1 Å². The number of primary sulfonamides is 1. The van der Waals surface area contributed by atoms with Gasteiger partial charge in [0.1, 0.15) is 0 Å². The summed E-state index contributed by atoms with van der Waals surface area (Å²) in [6.07, 6.45) is 0.0354. The number of thioether (sulfide) groups is 1. The van der Waals surface area contributed by atoms with E-state index in [1.165, 1.54) is 24.3 Å². The van der Waals surface area contributed by atoms with E-state index in [-0.39, 0.29) is 34.8 Å². The van der Waals surface area contributed by atoms with E-state index in [4.69, 9.17) is 5.14 Å². The molecule has 0 aromatic heterocycles. The van der Waals surface area contributed by atoms with Crippen molar-refractivity contribution in [3.05, 3.63) is 54.1 Å². The van der Waals surface area contributed by atoms with Crippen LogP contribution in [0.3, 0.4) is 0 Å². The van der Waals surface area contributed by atoms with Crippen LogP contribution in [0.2, 0.25) is 0 Å². The molecule has 1 aliphatic rings. The molecule has 0 spiro atoms. The first kappa shape index (κ1) is 21.0. The highest BCUT2D eigenvalue weighted by Gasteiger charge is 2.40. The normalized spacial score (nSPS) is 16.9. The maximum Gasteiger partial charge on any atom is 0.247 e. The number of hydrogen-bond donors (Lipinski definition) is 2. The van der Waals surface area contributed by atoms with Gasteiger partial charge >= 0.3 is 0 Å². The van der Waals surface area contributed by atoms with E-state index in [0.29, 0.717) is 11.4 Å². The third-order valence-corrected chi connectivity index (χ3v) is 6.41. The van der Waals surface area contributed by atoms with Gasteiger partial charge in [0.05, 0.1) is 21.6 Å². The Morgan fingerprint density at radius 1 is 1.14 bits per heavy atom. The molecule has 1 saturated heterocycles. The zero-order valence-electron chi connectivity index (χ0n) is 15.5. The molecule has 10 heteroatoms. The number of hydrogen-bond acceptors (Lipinski definition) is 6. The van der Waals surface area contributed by atoms with Gasteiger partial charge < -0.3 is 5.32 Å². The predicted molar refractivity (Wildman–Crippen MR) is 111 cm³/mol.